The van der Waals surface area contributed by atoms with Crippen molar-refractivity contribution < 1.29 is 9.53 Å². The van der Waals surface area contributed by atoms with Crippen molar-refractivity contribution in [3.8, 4) is 0 Å². The van der Waals surface area contributed by atoms with Gasteiger partial charge in [0.1, 0.15) is 0 Å². The molecule has 0 bridgehead atoms. The number of ether oxygens (including phenoxy) is 1. The van der Waals surface area contributed by atoms with E-state index in [9.17, 15) is 4.79 Å². The number of rotatable bonds is 5. The van der Waals surface area contributed by atoms with Crippen molar-refractivity contribution in [2.75, 3.05) is 53.5 Å². The Bertz CT molecular complexity index is 578. The summed E-state index contributed by atoms with van der Waals surface area (Å²) in [6, 6.07) is 7.47. The lowest BCUT2D eigenvalue weighted by molar-refractivity contribution is -0.131. The van der Waals surface area contributed by atoms with Gasteiger partial charge in [0.15, 0.2) is 5.96 Å². The summed E-state index contributed by atoms with van der Waals surface area (Å²) >= 11 is 5.98. The number of hydrogen-bond acceptors (Lipinski definition) is 3. The van der Waals surface area contributed by atoms with E-state index in [-0.39, 0.29) is 29.9 Å². The Kier molecular flexibility index (Phi) is 10.1. The lowest BCUT2D eigenvalue weighted by atomic mass is 10.1. The lowest BCUT2D eigenvalue weighted by Gasteiger charge is -2.36. The average molecular weight is 481 g/mol. The van der Waals surface area contributed by atoms with Gasteiger partial charge in [-0.05, 0) is 17.7 Å². The molecule has 0 unspecified atom stereocenters. The van der Waals surface area contributed by atoms with Gasteiger partial charge in [0, 0.05) is 51.9 Å². The number of guanidine groups is 1. The maximum Gasteiger partial charge on any atom is 0.227 e. The molecule has 1 N–H and O–H groups in total. The molecule has 0 spiro atoms. The van der Waals surface area contributed by atoms with Crippen molar-refractivity contribution in [2.45, 2.75) is 6.42 Å². The first kappa shape index (κ1) is 22.0. The number of nitrogens with one attached hydrogen (secondary N) is 1. The van der Waals surface area contributed by atoms with Crippen LogP contribution in [-0.2, 0) is 16.0 Å². The van der Waals surface area contributed by atoms with Gasteiger partial charge in [-0.15, -0.1) is 24.0 Å². The Morgan fingerprint density at radius 2 is 1.96 bits per heavy atom. The van der Waals surface area contributed by atoms with Gasteiger partial charge in [-0.2, -0.15) is 0 Å². The molecule has 8 heteroatoms. The Morgan fingerprint density at radius 3 is 2.56 bits per heavy atom. The van der Waals surface area contributed by atoms with Crippen LogP contribution in [0.1, 0.15) is 5.56 Å². The van der Waals surface area contributed by atoms with E-state index in [0.29, 0.717) is 31.1 Å². The summed E-state index contributed by atoms with van der Waals surface area (Å²) in [6.07, 6.45) is 0.390. The molecule has 0 aromatic heterocycles. The van der Waals surface area contributed by atoms with E-state index in [4.69, 9.17) is 16.3 Å². The molecule has 140 valence electrons. The number of benzene rings is 1. The summed E-state index contributed by atoms with van der Waals surface area (Å²) in [5.74, 6) is 0.994. The topological polar surface area (TPSA) is 57.2 Å². The molecule has 1 aliphatic heterocycles. The first-order chi connectivity index (χ1) is 11.6. The van der Waals surface area contributed by atoms with E-state index < -0.39 is 0 Å². The third-order valence-electron chi connectivity index (χ3n) is 3.98. The molecule has 0 saturated carbocycles. The van der Waals surface area contributed by atoms with Crippen LogP contribution in [0, 0.1) is 0 Å². The molecule has 1 fully saturated rings. The zero-order valence-electron chi connectivity index (χ0n) is 14.7. The van der Waals surface area contributed by atoms with Crippen molar-refractivity contribution in [3.05, 3.63) is 34.9 Å². The first-order valence-corrected chi connectivity index (χ1v) is 8.48. The van der Waals surface area contributed by atoms with Gasteiger partial charge in [-0.1, -0.05) is 23.7 Å². The van der Waals surface area contributed by atoms with Gasteiger partial charge in [-0.3, -0.25) is 9.79 Å². The molecule has 25 heavy (non-hydrogen) atoms. The minimum absolute atomic E-state index is 0. The van der Waals surface area contributed by atoms with Gasteiger partial charge < -0.3 is 19.9 Å². The van der Waals surface area contributed by atoms with Crippen LogP contribution in [0.25, 0.3) is 0 Å². The van der Waals surface area contributed by atoms with Gasteiger partial charge in [0.2, 0.25) is 5.91 Å². The number of hydrogen-bond donors (Lipinski definition) is 1. The second-order valence-corrected chi connectivity index (χ2v) is 6.08. The van der Waals surface area contributed by atoms with Crippen LogP contribution in [0.15, 0.2) is 29.3 Å². The molecule has 1 aromatic carbocycles. The molecule has 1 amide bonds. The monoisotopic (exact) mass is 480 g/mol. The highest BCUT2D eigenvalue weighted by molar-refractivity contribution is 14.0. The van der Waals surface area contributed by atoms with Crippen molar-refractivity contribution >= 4 is 47.4 Å². The largest absolute Gasteiger partial charge is 0.383 e. The quantitative estimate of drug-likeness (QED) is 0.303. The Labute approximate surface area is 171 Å². The minimum atomic E-state index is 0. The summed E-state index contributed by atoms with van der Waals surface area (Å²) in [5, 5.41) is 3.93. The summed E-state index contributed by atoms with van der Waals surface area (Å²) < 4.78 is 5.04. The number of halogens is 2. The van der Waals surface area contributed by atoms with Gasteiger partial charge in [-0.25, -0.2) is 0 Å². The molecular formula is C17H26ClIN4O2. The highest BCUT2D eigenvalue weighted by Crippen LogP contribution is 2.13. The fraction of sp³-hybridized carbons (Fsp3) is 0.529. The van der Waals surface area contributed by atoms with Crippen LogP contribution in [0.5, 0.6) is 0 Å². The smallest absolute Gasteiger partial charge is 0.227 e. The second kappa shape index (κ2) is 11.5. The number of aliphatic imine (C=N–C) groups is 1. The maximum absolute atomic E-state index is 12.4. The highest BCUT2D eigenvalue weighted by atomic mass is 127. The van der Waals surface area contributed by atoms with E-state index in [1.54, 1.807) is 14.2 Å². The zero-order valence-corrected chi connectivity index (χ0v) is 17.8. The summed E-state index contributed by atoms with van der Waals surface area (Å²) in [5.41, 5.74) is 0.951. The second-order valence-electron chi connectivity index (χ2n) is 5.64. The van der Waals surface area contributed by atoms with Crippen LogP contribution in [0.4, 0.5) is 0 Å². The van der Waals surface area contributed by atoms with Crippen LogP contribution in [-0.4, -0.2) is 75.2 Å². The number of nitrogens with zero attached hydrogens (tertiary/aromatic N) is 3. The SMILES string of the molecule is CN=C(NCCOC)N1CCN(C(=O)Cc2cccc(Cl)c2)CC1.I. The van der Waals surface area contributed by atoms with Crippen LogP contribution < -0.4 is 5.32 Å². The Balaban J connectivity index is 0.00000312. The molecule has 1 heterocycles. The standard InChI is InChI=1S/C17H25ClN4O2.HI/c1-19-17(20-6-11-24-2)22-9-7-21(8-10-22)16(23)13-14-4-3-5-15(18)12-14;/h3-5,12H,6-11,13H2,1-2H3,(H,19,20);1H. The number of methoxy groups -OCH3 is 1. The molecule has 0 aliphatic carbocycles. The van der Waals surface area contributed by atoms with Crippen molar-refractivity contribution in [1.82, 2.24) is 15.1 Å². The Morgan fingerprint density at radius 1 is 1.28 bits per heavy atom. The fourth-order valence-corrected chi connectivity index (χ4v) is 2.91. The average Bonchev–Trinajstić information content (AvgIpc) is 2.59. The van der Waals surface area contributed by atoms with Crippen molar-refractivity contribution in [2.24, 2.45) is 4.99 Å². The van der Waals surface area contributed by atoms with E-state index in [1.807, 2.05) is 29.2 Å². The third-order valence-corrected chi connectivity index (χ3v) is 4.21. The highest BCUT2D eigenvalue weighted by Gasteiger charge is 2.22. The normalized spacial score (nSPS) is 14.9. The third kappa shape index (κ3) is 6.99. The van der Waals surface area contributed by atoms with Crippen LogP contribution in [0.2, 0.25) is 5.02 Å². The summed E-state index contributed by atoms with van der Waals surface area (Å²) in [4.78, 5) is 20.8. The van der Waals surface area contributed by atoms with Crippen LogP contribution >= 0.6 is 35.6 Å². The Hall–Kier alpha value is -1.06. The molecule has 1 aliphatic rings. The number of carbonyl (C=O) groups excluding carboxylic acids is 1. The number of piperazine rings is 1. The predicted octanol–water partition coefficient (Wildman–Crippen LogP) is 1.87. The molecule has 0 atom stereocenters. The number of amides is 1. The molecule has 6 nitrogen and oxygen atoms in total. The van der Waals surface area contributed by atoms with Gasteiger partial charge in [0.25, 0.3) is 0 Å². The van der Waals surface area contributed by atoms with Gasteiger partial charge >= 0.3 is 0 Å². The number of carbonyl (C=O) groups is 1. The first-order valence-electron chi connectivity index (χ1n) is 8.11. The van der Waals surface area contributed by atoms with E-state index in [0.717, 1.165) is 31.2 Å². The fourth-order valence-electron chi connectivity index (χ4n) is 2.70. The van der Waals surface area contributed by atoms with Crippen molar-refractivity contribution in [1.29, 1.82) is 0 Å². The van der Waals surface area contributed by atoms with Crippen LogP contribution in [0.3, 0.4) is 0 Å². The zero-order chi connectivity index (χ0) is 17.4. The molecule has 0 radical (unpaired) electrons. The maximum atomic E-state index is 12.4. The minimum Gasteiger partial charge on any atom is -0.383 e. The predicted molar refractivity (Wildman–Crippen MR) is 112 cm³/mol. The van der Waals surface area contributed by atoms with E-state index in [1.165, 1.54) is 0 Å². The molecule has 1 saturated heterocycles. The van der Waals surface area contributed by atoms with E-state index in [2.05, 4.69) is 15.2 Å². The van der Waals surface area contributed by atoms with Gasteiger partial charge in [0.05, 0.1) is 13.0 Å². The summed E-state index contributed by atoms with van der Waals surface area (Å²) in [7, 11) is 3.44. The molecule has 1 aromatic rings. The van der Waals surface area contributed by atoms with Crippen molar-refractivity contribution in [3.63, 3.8) is 0 Å². The molecular weight excluding hydrogens is 455 g/mol. The summed E-state index contributed by atoms with van der Waals surface area (Å²) in [6.45, 7) is 4.30. The van der Waals surface area contributed by atoms with E-state index >= 15 is 0 Å². The lowest BCUT2D eigenvalue weighted by Crippen LogP contribution is -2.54. The molecule has 2 rings (SSSR count).